The Hall–Kier alpha value is -3.30. The van der Waals surface area contributed by atoms with Crippen molar-refractivity contribution in [3.05, 3.63) is 98.4 Å². The highest BCUT2D eigenvalue weighted by Gasteiger charge is 2.33. The molecule has 38 heavy (non-hydrogen) atoms. The number of aliphatic imine (C=N–C) groups is 1. The van der Waals surface area contributed by atoms with E-state index in [1.807, 2.05) is 37.3 Å². The molecule has 1 N–H and O–H groups in total. The van der Waals surface area contributed by atoms with Crippen molar-refractivity contribution in [3.63, 3.8) is 0 Å². The number of carboxylic acid groups (broad SMARTS) is 1. The number of amidine groups is 1. The van der Waals surface area contributed by atoms with E-state index >= 15 is 0 Å². The number of para-hydroxylation sites is 1. The van der Waals surface area contributed by atoms with Crippen molar-refractivity contribution in [2.45, 2.75) is 13.5 Å². The van der Waals surface area contributed by atoms with Gasteiger partial charge in [0.15, 0.2) is 10.9 Å². The Balaban J connectivity index is 1.53. The number of thioether (sulfide) groups is 1. The molecule has 196 valence electrons. The first kappa shape index (κ1) is 27.7. The third kappa shape index (κ3) is 6.96. The van der Waals surface area contributed by atoms with Crippen molar-refractivity contribution in [1.29, 1.82) is 0 Å². The van der Waals surface area contributed by atoms with Crippen LogP contribution in [0.4, 0.5) is 5.69 Å². The summed E-state index contributed by atoms with van der Waals surface area (Å²) in [7, 11) is 0. The van der Waals surface area contributed by atoms with Crippen molar-refractivity contribution in [2.24, 2.45) is 4.99 Å². The average molecular weight is 571 g/mol. The van der Waals surface area contributed by atoms with Gasteiger partial charge in [0.1, 0.15) is 6.61 Å². The van der Waals surface area contributed by atoms with Crippen molar-refractivity contribution in [3.8, 4) is 5.75 Å². The lowest BCUT2D eigenvalue weighted by atomic mass is 10.1. The van der Waals surface area contributed by atoms with E-state index < -0.39 is 5.97 Å². The summed E-state index contributed by atoms with van der Waals surface area (Å²) in [6, 6.07) is 19.1. The van der Waals surface area contributed by atoms with Crippen molar-refractivity contribution in [2.75, 3.05) is 19.8 Å². The van der Waals surface area contributed by atoms with Crippen LogP contribution in [0.1, 0.15) is 28.4 Å². The molecular weight excluding hydrogens is 547 g/mol. The molecule has 3 aromatic rings. The van der Waals surface area contributed by atoms with E-state index in [1.54, 1.807) is 35.2 Å². The highest BCUT2D eigenvalue weighted by molar-refractivity contribution is 8.18. The largest absolute Gasteiger partial charge is 0.486 e. The second-order valence-corrected chi connectivity index (χ2v) is 9.92. The van der Waals surface area contributed by atoms with Crippen LogP contribution in [0.15, 0.2) is 76.6 Å². The topological polar surface area (TPSA) is 88.4 Å². The molecule has 0 atom stereocenters. The van der Waals surface area contributed by atoms with Gasteiger partial charge in [-0.1, -0.05) is 53.5 Å². The number of amides is 1. The lowest BCUT2D eigenvalue weighted by Gasteiger charge is -2.15. The summed E-state index contributed by atoms with van der Waals surface area (Å²) >= 11 is 14.2. The van der Waals surface area contributed by atoms with E-state index in [2.05, 4.69) is 4.99 Å². The molecule has 1 saturated heterocycles. The Kier molecular flexibility index (Phi) is 9.47. The van der Waals surface area contributed by atoms with Gasteiger partial charge in [0.05, 0.1) is 39.4 Å². The monoisotopic (exact) mass is 570 g/mol. The van der Waals surface area contributed by atoms with Gasteiger partial charge < -0.3 is 14.6 Å². The number of ether oxygens (including phenoxy) is 2. The maximum absolute atomic E-state index is 13.2. The lowest BCUT2D eigenvalue weighted by Crippen LogP contribution is -2.32. The Morgan fingerprint density at radius 3 is 2.39 bits per heavy atom. The fraction of sp³-hybridized carbons (Fsp3) is 0.179. The summed E-state index contributed by atoms with van der Waals surface area (Å²) in [6.07, 6.45) is 1.72. The van der Waals surface area contributed by atoms with Gasteiger partial charge in [-0.2, -0.15) is 0 Å². The summed E-state index contributed by atoms with van der Waals surface area (Å²) < 4.78 is 11.3. The highest BCUT2D eigenvalue weighted by atomic mass is 35.5. The van der Waals surface area contributed by atoms with Gasteiger partial charge in [-0.3, -0.25) is 9.69 Å². The predicted molar refractivity (Wildman–Crippen MR) is 152 cm³/mol. The summed E-state index contributed by atoms with van der Waals surface area (Å²) in [4.78, 5) is 31.0. The van der Waals surface area contributed by atoms with E-state index in [-0.39, 0.29) is 28.1 Å². The quantitative estimate of drug-likeness (QED) is 0.210. The van der Waals surface area contributed by atoms with Crippen LogP contribution in [0.25, 0.3) is 6.08 Å². The fourth-order valence-electron chi connectivity index (χ4n) is 3.55. The maximum Gasteiger partial charge on any atom is 0.335 e. The smallest absolute Gasteiger partial charge is 0.335 e. The molecule has 4 rings (SSSR count). The number of rotatable bonds is 10. The fourth-order valence-corrected chi connectivity index (χ4v) is 5.19. The number of nitrogens with zero attached hydrogens (tertiary/aromatic N) is 2. The zero-order valence-corrected chi connectivity index (χ0v) is 22.7. The maximum atomic E-state index is 13.2. The van der Waals surface area contributed by atoms with E-state index in [9.17, 15) is 9.59 Å². The number of hydrogen-bond donors (Lipinski definition) is 1. The van der Waals surface area contributed by atoms with Crippen molar-refractivity contribution >= 4 is 63.8 Å². The minimum atomic E-state index is -0.997. The number of carbonyl (C=O) groups excluding carboxylic acids is 1. The van der Waals surface area contributed by atoms with Crippen LogP contribution in [0.2, 0.25) is 10.0 Å². The first-order chi connectivity index (χ1) is 18.4. The van der Waals surface area contributed by atoms with Gasteiger partial charge in [0.2, 0.25) is 0 Å². The van der Waals surface area contributed by atoms with Gasteiger partial charge in [0.25, 0.3) is 5.91 Å². The Bertz CT molecular complexity index is 1350. The van der Waals surface area contributed by atoms with Gasteiger partial charge >= 0.3 is 5.97 Å². The number of carbonyl (C=O) groups is 2. The lowest BCUT2D eigenvalue weighted by molar-refractivity contribution is -0.122. The zero-order chi connectivity index (χ0) is 27.1. The van der Waals surface area contributed by atoms with Gasteiger partial charge in [-0.15, -0.1) is 0 Å². The van der Waals surface area contributed by atoms with Crippen LogP contribution >= 0.6 is 35.0 Å². The first-order valence-corrected chi connectivity index (χ1v) is 13.3. The number of benzene rings is 3. The minimum absolute atomic E-state index is 0.155. The number of carboxylic acids is 1. The van der Waals surface area contributed by atoms with E-state index in [1.165, 1.54) is 23.9 Å². The van der Waals surface area contributed by atoms with E-state index in [0.29, 0.717) is 41.1 Å². The summed E-state index contributed by atoms with van der Waals surface area (Å²) in [5.41, 5.74) is 2.34. The molecule has 1 aliphatic heterocycles. The summed E-state index contributed by atoms with van der Waals surface area (Å²) in [5.74, 6) is -0.877. The van der Waals surface area contributed by atoms with Crippen LogP contribution in [0.3, 0.4) is 0 Å². The Labute approximate surface area is 234 Å². The normalized spacial score (nSPS) is 15.4. The summed E-state index contributed by atoms with van der Waals surface area (Å²) in [6.45, 7) is 3.39. The molecular formula is C28H24Cl2N2O5S. The van der Waals surface area contributed by atoms with Crippen LogP contribution in [0.5, 0.6) is 5.75 Å². The molecule has 1 amide bonds. The molecule has 0 aliphatic carbocycles. The van der Waals surface area contributed by atoms with Crippen molar-refractivity contribution < 1.29 is 24.2 Å². The standard InChI is InChI=1S/C28H24Cl2N2O5S/c1-2-36-13-12-32-26(33)24(38-28(32)31-21-6-4-3-5-7-21)16-19-14-22(29)25(23(30)15-19)37-17-18-8-10-20(11-9-18)27(34)35/h3-11,14-16H,2,12-13,17H2,1H3,(H,34,35)/b24-16-,31-28?. The molecule has 1 fully saturated rings. The second kappa shape index (κ2) is 13.0. The third-order valence-electron chi connectivity index (χ3n) is 5.43. The van der Waals surface area contributed by atoms with Crippen LogP contribution < -0.4 is 4.74 Å². The molecule has 0 saturated carbocycles. The molecule has 7 nitrogen and oxygen atoms in total. The molecule has 0 aromatic heterocycles. The van der Waals surface area contributed by atoms with E-state index in [0.717, 1.165) is 11.3 Å². The van der Waals surface area contributed by atoms with Gasteiger partial charge in [0, 0.05) is 6.61 Å². The summed E-state index contributed by atoms with van der Waals surface area (Å²) in [5, 5.41) is 10.2. The van der Waals surface area contributed by atoms with Crippen LogP contribution in [-0.4, -0.2) is 46.8 Å². The molecule has 0 unspecified atom stereocenters. The highest BCUT2D eigenvalue weighted by Crippen LogP contribution is 2.38. The third-order valence-corrected chi connectivity index (χ3v) is 7.00. The zero-order valence-electron chi connectivity index (χ0n) is 20.4. The molecule has 10 heteroatoms. The van der Waals surface area contributed by atoms with Crippen LogP contribution in [0, 0.1) is 0 Å². The van der Waals surface area contributed by atoms with Gasteiger partial charge in [-0.05, 0) is 72.3 Å². The Morgan fingerprint density at radius 2 is 1.76 bits per heavy atom. The molecule has 0 bridgehead atoms. The minimum Gasteiger partial charge on any atom is -0.486 e. The molecule has 3 aromatic carbocycles. The SMILES string of the molecule is CCOCCN1C(=O)/C(=C/c2cc(Cl)c(OCc3ccc(C(=O)O)cc3)c(Cl)c2)SC1=Nc1ccccc1. The number of halogens is 2. The predicted octanol–water partition coefficient (Wildman–Crippen LogP) is 6.91. The molecule has 0 spiro atoms. The van der Waals surface area contributed by atoms with E-state index in [4.69, 9.17) is 37.8 Å². The number of aromatic carboxylic acids is 1. The molecule has 0 radical (unpaired) electrons. The molecule has 1 heterocycles. The van der Waals surface area contributed by atoms with Crippen LogP contribution in [-0.2, 0) is 16.1 Å². The Morgan fingerprint density at radius 1 is 1.08 bits per heavy atom. The second-order valence-electron chi connectivity index (χ2n) is 8.10. The van der Waals surface area contributed by atoms with Gasteiger partial charge in [-0.25, -0.2) is 9.79 Å². The molecule has 1 aliphatic rings. The number of hydrogen-bond acceptors (Lipinski definition) is 6. The first-order valence-electron chi connectivity index (χ1n) is 11.7. The average Bonchev–Trinajstić information content (AvgIpc) is 3.18. The van der Waals surface area contributed by atoms with Crippen molar-refractivity contribution in [1.82, 2.24) is 4.90 Å².